The van der Waals surface area contributed by atoms with Crippen molar-refractivity contribution in [2.75, 3.05) is 19.3 Å². The third-order valence-electron chi connectivity index (χ3n) is 6.61. The van der Waals surface area contributed by atoms with E-state index in [9.17, 15) is 16.8 Å². The average Bonchev–Trinajstić information content (AvgIpc) is 3.18. The molecule has 1 aromatic heterocycles. The van der Waals surface area contributed by atoms with E-state index in [1.807, 2.05) is 0 Å². The number of rotatable bonds is 8. The molecule has 0 unspecified atom stereocenters. The van der Waals surface area contributed by atoms with Crippen molar-refractivity contribution in [1.82, 2.24) is 8.87 Å². The van der Waals surface area contributed by atoms with Crippen LogP contribution in [-0.2, 0) is 26.4 Å². The molecule has 0 aliphatic carbocycles. The second kappa shape index (κ2) is 9.60. The van der Waals surface area contributed by atoms with Crippen LogP contribution >= 0.6 is 0 Å². The van der Waals surface area contributed by atoms with Gasteiger partial charge >= 0.3 is 0 Å². The Morgan fingerprint density at radius 1 is 0.879 bits per heavy atom. The van der Waals surface area contributed by atoms with Crippen LogP contribution in [-0.4, -0.2) is 45.1 Å². The van der Waals surface area contributed by atoms with E-state index >= 15 is 0 Å². The van der Waals surface area contributed by atoms with Crippen molar-refractivity contribution < 1.29 is 16.8 Å². The molecular weight excluding hydrogens is 456 g/mol. The van der Waals surface area contributed by atoms with Gasteiger partial charge in [0.05, 0.1) is 9.79 Å². The Hall–Kier alpha value is -2.16. The molecule has 1 aliphatic rings. The molecule has 0 atom stereocenters. The fraction of sp³-hybridized carbons (Fsp3) is 0.440. The summed E-state index contributed by atoms with van der Waals surface area (Å²) in [5, 5.41) is 1.27. The van der Waals surface area contributed by atoms with Gasteiger partial charge in [0.15, 0.2) is 9.84 Å². The summed E-state index contributed by atoms with van der Waals surface area (Å²) in [5.41, 5.74) is 2.57. The average molecular weight is 489 g/mol. The Morgan fingerprint density at radius 2 is 1.52 bits per heavy atom. The first-order chi connectivity index (χ1) is 15.7. The fourth-order valence-electron chi connectivity index (χ4n) is 4.73. The summed E-state index contributed by atoms with van der Waals surface area (Å²) in [7, 11) is -7.01. The van der Waals surface area contributed by atoms with Crippen LogP contribution in [0.4, 0.5) is 0 Å². The molecule has 33 heavy (non-hydrogen) atoms. The zero-order valence-electron chi connectivity index (χ0n) is 19.3. The van der Waals surface area contributed by atoms with Crippen LogP contribution in [0.3, 0.4) is 0 Å². The number of hydrogen-bond donors (Lipinski definition) is 0. The van der Waals surface area contributed by atoms with Gasteiger partial charge in [0.2, 0.25) is 10.0 Å². The molecule has 0 bridgehead atoms. The number of benzene rings is 2. The summed E-state index contributed by atoms with van der Waals surface area (Å²) < 4.78 is 53.5. The van der Waals surface area contributed by atoms with Crippen LogP contribution in [0.1, 0.15) is 50.5 Å². The highest BCUT2D eigenvalue weighted by Gasteiger charge is 2.31. The molecule has 2 heterocycles. The molecule has 0 radical (unpaired) electrons. The van der Waals surface area contributed by atoms with E-state index in [2.05, 4.69) is 42.0 Å². The molecule has 3 aromatic rings. The second-order valence-electron chi connectivity index (χ2n) is 8.92. The maximum Gasteiger partial charge on any atom is 0.243 e. The third-order valence-corrected chi connectivity index (χ3v) is 9.65. The number of aromatic nitrogens is 1. The molecule has 0 amide bonds. The Kier molecular flexibility index (Phi) is 6.98. The molecule has 2 aromatic carbocycles. The smallest absolute Gasteiger partial charge is 0.243 e. The Balaban J connectivity index is 1.50. The lowest BCUT2D eigenvalue weighted by Gasteiger charge is -2.31. The molecule has 0 saturated carbocycles. The molecule has 178 valence electrons. The molecule has 0 N–H and O–H groups in total. The van der Waals surface area contributed by atoms with E-state index in [1.54, 1.807) is 0 Å². The van der Waals surface area contributed by atoms with Crippen LogP contribution in [0.2, 0.25) is 0 Å². The van der Waals surface area contributed by atoms with Gasteiger partial charge in [-0.25, -0.2) is 16.8 Å². The number of sulfone groups is 1. The Morgan fingerprint density at radius 3 is 2.15 bits per heavy atom. The van der Waals surface area contributed by atoms with E-state index in [-0.39, 0.29) is 9.79 Å². The maximum atomic E-state index is 13.1. The molecular formula is C25H32N2O4S2. The maximum absolute atomic E-state index is 13.1. The molecule has 1 saturated heterocycles. The highest BCUT2D eigenvalue weighted by molar-refractivity contribution is 7.90. The predicted molar refractivity (Wildman–Crippen MR) is 132 cm³/mol. The lowest BCUT2D eigenvalue weighted by Crippen LogP contribution is -2.37. The Bertz CT molecular complexity index is 1320. The van der Waals surface area contributed by atoms with Crippen LogP contribution in [0.25, 0.3) is 10.9 Å². The summed E-state index contributed by atoms with van der Waals surface area (Å²) in [6.07, 6.45) is 8.48. The van der Waals surface area contributed by atoms with E-state index in [1.165, 1.54) is 57.9 Å². The van der Waals surface area contributed by atoms with E-state index in [0.29, 0.717) is 19.0 Å². The van der Waals surface area contributed by atoms with Crippen molar-refractivity contribution in [3.8, 4) is 0 Å². The van der Waals surface area contributed by atoms with Crippen LogP contribution in [0, 0.1) is 0 Å². The normalized spacial score (nSPS) is 16.4. The number of para-hydroxylation sites is 1. The molecule has 8 heteroatoms. The highest BCUT2D eigenvalue weighted by atomic mass is 32.2. The first-order valence-electron chi connectivity index (χ1n) is 11.6. The minimum Gasteiger partial charge on any atom is -0.347 e. The number of fused-ring (bicyclic) bond motifs is 1. The minimum absolute atomic E-state index is 0.121. The van der Waals surface area contributed by atoms with Crippen molar-refractivity contribution in [1.29, 1.82) is 0 Å². The van der Waals surface area contributed by atoms with E-state index in [4.69, 9.17) is 0 Å². The van der Waals surface area contributed by atoms with E-state index in [0.717, 1.165) is 32.1 Å². The molecule has 1 aliphatic heterocycles. The summed E-state index contributed by atoms with van der Waals surface area (Å²) in [4.78, 5) is 0.261. The Labute approximate surface area is 197 Å². The SMILES string of the molecule is CCCCCn1cc(C2CCN(S(=O)(=O)c3ccc(S(C)(=O)=O)cc3)CC2)c2ccccc21. The van der Waals surface area contributed by atoms with Crippen molar-refractivity contribution in [3.63, 3.8) is 0 Å². The van der Waals surface area contributed by atoms with Gasteiger partial charge in [-0.15, -0.1) is 0 Å². The lowest BCUT2D eigenvalue weighted by atomic mass is 9.90. The van der Waals surface area contributed by atoms with Gasteiger partial charge in [-0.2, -0.15) is 4.31 Å². The number of nitrogens with zero attached hydrogens (tertiary/aromatic N) is 2. The van der Waals surface area contributed by atoms with Gasteiger partial charge < -0.3 is 4.57 Å². The predicted octanol–water partition coefficient (Wildman–Crippen LogP) is 4.80. The number of aryl methyl sites for hydroxylation is 1. The summed E-state index contributed by atoms with van der Waals surface area (Å²) >= 11 is 0. The largest absolute Gasteiger partial charge is 0.347 e. The van der Waals surface area contributed by atoms with Gasteiger partial charge in [-0.3, -0.25) is 0 Å². The first-order valence-corrected chi connectivity index (χ1v) is 14.9. The molecule has 4 rings (SSSR count). The van der Waals surface area contributed by atoms with Crippen LogP contribution in [0.5, 0.6) is 0 Å². The highest BCUT2D eigenvalue weighted by Crippen LogP contribution is 2.36. The van der Waals surface area contributed by atoms with E-state index < -0.39 is 19.9 Å². The molecule has 6 nitrogen and oxygen atoms in total. The number of piperidine rings is 1. The van der Waals surface area contributed by atoms with Gasteiger partial charge in [0, 0.05) is 43.0 Å². The summed E-state index contributed by atoms with van der Waals surface area (Å²) in [6, 6.07) is 14.0. The van der Waals surface area contributed by atoms with Gasteiger partial charge in [0.1, 0.15) is 0 Å². The third kappa shape index (κ3) is 5.03. The van der Waals surface area contributed by atoms with Crippen molar-refractivity contribution >= 4 is 30.8 Å². The number of unbranched alkanes of at least 4 members (excludes halogenated alkanes) is 2. The quantitative estimate of drug-likeness (QED) is 0.427. The zero-order valence-corrected chi connectivity index (χ0v) is 20.9. The second-order valence-corrected chi connectivity index (χ2v) is 12.9. The topological polar surface area (TPSA) is 76.5 Å². The molecule has 0 spiro atoms. The van der Waals surface area contributed by atoms with Gasteiger partial charge in [-0.05, 0) is 61.1 Å². The molecule has 1 fully saturated rings. The summed E-state index contributed by atoms with van der Waals surface area (Å²) in [5.74, 6) is 0.321. The van der Waals surface area contributed by atoms with Crippen LogP contribution < -0.4 is 0 Å². The lowest BCUT2D eigenvalue weighted by molar-refractivity contribution is 0.320. The first kappa shape index (κ1) is 24.0. The number of hydrogen-bond acceptors (Lipinski definition) is 4. The number of sulfonamides is 1. The summed E-state index contributed by atoms with van der Waals surface area (Å²) in [6.45, 7) is 4.12. The van der Waals surface area contributed by atoms with Crippen molar-refractivity contribution in [2.45, 2.75) is 61.3 Å². The van der Waals surface area contributed by atoms with Crippen molar-refractivity contribution in [3.05, 3.63) is 60.3 Å². The minimum atomic E-state index is -3.65. The van der Waals surface area contributed by atoms with Gasteiger partial charge in [0.25, 0.3) is 0 Å². The van der Waals surface area contributed by atoms with Crippen LogP contribution in [0.15, 0.2) is 64.5 Å². The van der Waals surface area contributed by atoms with Crippen molar-refractivity contribution in [2.24, 2.45) is 0 Å². The monoisotopic (exact) mass is 488 g/mol. The fourth-order valence-corrected chi connectivity index (χ4v) is 6.83. The van der Waals surface area contributed by atoms with Gasteiger partial charge in [-0.1, -0.05) is 38.0 Å². The zero-order chi connectivity index (χ0) is 23.6. The standard InChI is InChI=1S/C25H32N2O4S2/c1-3-4-7-16-26-19-24(23-8-5-6-9-25(23)26)20-14-17-27(18-15-20)33(30,31)22-12-10-21(11-13-22)32(2,28)29/h5-6,8-13,19-20H,3-4,7,14-18H2,1-2H3.